The van der Waals surface area contributed by atoms with E-state index >= 15 is 0 Å². The van der Waals surface area contributed by atoms with Crippen LogP contribution in [0.4, 0.5) is 0 Å². The molecule has 1 aromatic carbocycles. The van der Waals surface area contributed by atoms with Gasteiger partial charge in [-0.25, -0.2) is 10.4 Å². The van der Waals surface area contributed by atoms with E-state index in [1.54, 1.807) is 0 Å². The summed E-state index contributed by atoms with van der Waals surface area (Å²) in [6.07, 6.45) is 3.45. The molecule has 120 valence electrons. The SMILES string of the molecule is CCCCCOc1ccc(Br)cc1/C(C)=N/NC1=NCCN1. The summed E-state index contributed by atoms with van der Waals surface area (Å²) >= 11 is 3.51. The van der Waals surface area contributed by atoms with Gasteiger partial charge in [-0.15, -0.1) is 0 Å². The zero-order valence-corrected chi connectivity index (χ0v) is 14.7. The van der Waals surface area contributed by atoms with E-state index in [0.717, 1.165) is 53.6 Å². The van der Waals surface area contributed by atoms with Gasteiger partial charge in [0.25, 0.3) is 0 Å². The Morgan fingerprint density at radius 2 is 2.32 bits per heavy atom. The molecule has 0 atom stereocenters. The smallest absolute Gasteiger partial charge is 0.212 e. The number of hydrogen-bond donors (Lipinski definition) is 2. The number of guanidine groups is 1. The zero-order valence-electron chi connectivity index (χ0n) is 13.2. The largest absolute Gasteiger partial charge is 0.493 e. The molecule has 1 aromatic rings. The second-order valence-electron chi connectivity index (χ2n) is 5.16. The van der Waals surface area contributed by atoms with Crippen LogP contribution in [0.15, 0.2) is 32.8 Å². The summed E-state index contributed by atoms with van der Waals surface area (Å²) in [5.41, 5.74) is 4.81. The predicted octanol–water partition coefficient (Wildman–Crippen LogP) is 3.29. The first kappa shape index (κ1) is 16.8. The van der Waals surface area contributed by atoms with E-state index in [4.69, 9.17) is 4.74 Å². The minimum atomic E-state index is 0.722. The molecule has 0 aliphatic carbocycles. The zero-order chi connectivity index (χ0) is 15.8. The molecule has 2 rings (SSSR count). The second kappa shape index (κ2) is 8.78. The Balaban J connectivity index is 2.06. The molecule has 0 radical (unpaired) electrons. The molecule has 0 amide bonds. The molecule has 0 aromatic heterocycles. The van der Waals surface area contributed by atoms with E-state index in [1.165, 1.54) is 12.8 Å². The van der Waals surface area contributed by atoms with Gasteiger partial charge in [0.05, 0.1) is 18.9 Å². The molecular formula is C16H23BrN4O. The third-order valence-electron chi connectivity index (χ3n) is 3.34. The first-order chi connectivity index (χ1) is 10.7. The monoisotopic (exact) mass is 366 g/mol. The highest BCUT2D eigenvalue weighted by Crippen LogP contribution is 2.24. The van der Waals surface area contributed by atoms with Crippen LogP contribution in [-0.2, 0) is 0 Å². The fourth-order valence-corrected chi connectivity index (χ4v) is 2.48. The van der Waals surface area contributed by atoms with Crippen LogP contribution in [0, 0.1) is 0 Å². The molecule has 5 nitrogen and oxygen atoms in total. The Morgan fingerprint density at radius 3 is 3.05 bits per heavy atom. The van der Waals surface area contributed by atoms with Crippen molar-refractivity contribution in [3.05, 3.63) is 28.2 Å². The maximum Gasteiger partial charge on any atom is 0.212 e. The van der Waals surface area contributed by atoms with Gasteiger partial charge in [-0.3, -0.25) is 0 Å². The quantitative estimate of drug-likeness (QED) is 0.442. The summed E-state index contributed by atoms with van der Waals surface area (Å²) in [6.45, 7) is 6.53. The van der Waals surface area contributed by atoms with Crippen molar-refractivity contribution < 1.29 is 4.74 Å². The lowest BCUT2D eigenvalue weighted by molar-refractivity contribution is 0.305. The number of aliphatic imine (C=N–C) groups is 1. The summed E-state index contributed by atoms with van der Waals surface area (Å²) in [4.78, 5) is 4.26. The summed E-state index contributed by atoms with van der Waals surface area (Å²) in [7, 11) is 0. The van der Waals surface area contributed by atoms with Crippen LogP contribution in [0.2, 0.25) is 0 Å². The molecule has 0 saturated carbocycles. The third-order valence-corrected chi connectivity index (χ3v) is 3.83. The summed E-state index contributed by atoms with van der Waals surface area (Å²) < 4.78 is 6.92. The number of benzene rings is 1. The van der Waals surface area contributed by atoms with E-state index in [1.807, 2.05) is 25.1 Å². The standard InChI is InChI=1S/C16H23BrN4O/c1-3-4-5-10-22-15-7-6-13(17)11-14(15)12(2)20-21-16-18-8-9-19-16/h6-7,11H,3-5,8-10H2,1-2H3,(H2,18,19,21)/b20-12+. The van der Waals surface area contributed by atoms with Gasteiger partial charge < -0.3 is 10.1 Å². The van der Waals surface area contributed by atoms with Gasteiger partial charge in [-0.2, -0.15) is 5.10 Å². The van der Waals surface area contributed by atoms with Crippen molar-refractivity contribution in [1.82, 2.24) is 10.7 Å². The Hall–Kier alpha value is -1.56. The molecule has 1 heterocycles. The predicted molar refractivity (Wildman–Crippen MR) is 94.8 cm³/mol. The molecule has 0 spiro atoms. The lowest BCUT2D eigenvalue weighted by Gasteiger charge is -2.12. The third kappa shape index (κ3) is 5.02. The Kier molecular flexibility index (Phi) is 6.71. The van der Waals surface area contributed by atoms with Crippen LogP contribution in [0.5, 0.6) is 5.75 Å². The minimum absolute atomic E-state index is 0.722. The van der Waals surface area contributed by atoms with Crippen molar-refractivity contribution >= 4 is 27.6 Å². The number of unbranched alkanes of at least 4 members (excludes halogenated alkanes) is 2. The Labute approximate surface area is 140 Å². The van der Waals surface area contributed by atoms with Gasteiger partial charge in [-0.05, 0) is 31.5 Å². The van der Waals surface area contributed by atoms with Crippen LogP contribution in [0.3, 0.4) is 0 Å². The lowest BCUT2D eigenvalue weighted by atomic mass is 10.1. The molecule has 0 unspecified atom stereocenters. The number of ether oxygens (including phenoxy) is 1. The normalized spacial score (nSPS) is 14.5. The molecule has 1 aliphatic heterocycles. The van der Waals surface area contributed by atoms with Crippen molar-refractivity contribution in [2.75, 3.05) is 19.7 Å². The van der Waals surface area contributed by atoms with E-state index in [2.05, 4.69) is 43.7 Å². The number of halogens is 1. The topological polar surface area (TPSA) is 58.0 Å². The van der Waals surface area contributed by atoms with Crippen molar-refractivity contribution in [3.63, 3.8) is 0 Å². The van der Waals surface area contributed by atoms with Crippen LogP contribution >= 0.6 is 15.9 Å². The molecule has 1 aliphatic rings. The van der Waals surface area contributed by atoms with Crippen LogP contribution in [0.25, 0.3) is 0 Å². The van der Waals surface area contributed by atoms with Crippen LogP contribution in [0.1, 0.15) is 38.7 Å². The van der Waals surface area contributed by atoms with E-state index in [0.29, 0.717) is 0 Å². The van der Waals surface area contributed by atoms with Gasteiger partial charge in [0.1, 0.15) is 5.75 Å². The Bertz CT molecular complexity index is 557. The number of nitrogens with one attached hydrogen (secondary N) is 2. The summed E-state index contributed by atoms with van der Waals surface area (Å²) in [5, 5.41) is 7.52. The highest BCUT2D eigenvalue weighted by molar-refractivity contribution is 9.10. The molecular weight excluding hydrogens is 344 g/mol. The lowest BCUT2D eigenvalue weighted by Crippen LogP contribution is -2.30. The van der Waals surface area contributed by atoms with Crippen LogP contribution < -0.4 is 15.5 Å². The number of rotatable bonds is 7. The average molecular weight is 367 g/mol. The first-order valence-electron chi connectivity index (χ1n) is 7.72. The van der Waals surface area contributed by atoms with E-state index in [9.17, 15) is 0 Å². The molecule has 0 saturated heterocycles. The highest BCUT2D eigenvalue weighted by atomic mass is 79.9. The Morgan fingerprint density at radius 1 is 1.45 bits per heavy atom. The highest BCUT2D eigenvalue weighted by Gasteiger charge is 2.09. The van der Waals surface area contributed by atoms with Gasteiger partial charge in [0, 0.05) is 16.6 Å². The minimum Gasteiger partial charge on any atom is -0.493 e. The number of hydrazone groups is 1. The number of nitrogens with zero attached hydrogens (tertiary/aromatic N) is 2. The fourth-order valence-electron chi connectivity index (χ4n) is 2.11. The molecule has 0 bridgehead atoms. The average Bonchev–Trinajstić information content (AvgIpc) is 3.03. The molecule has 22 heavy (non-hydrogen) atoms. The summed E-state index contributed by atoms with van der Waals surface area (Å²) in [6, 6.07) is 6.00. The van der Waals surface area contributed by atoms with Gasteiger partial charge in [0.15, 0.2) is 0 Å². The molecule has 6 heteroatoms. The molecule has 2 N–H and O–H groups in total. The fraction of sp³-hybridized carbons (Fsp3) is 0.500. The molecule has 0 fully saturated rings. The van der Waals surface area contributed by atoms with Crippen molar-refractivity contribution in [2.24, 2.45) is 10.1 Å². The van der Waals surface area contributed by atoms with Gasteiger partial charge in [-0.1, -0.05) is 35.7 Å². The van der Waals surface area contributed by atoms with Crippen molar-refractivity contribution in [1.29, 1.82) is 0 Å². The second-order valence-corrected chi connectivity index (χ2v) is 6.08. The van der Waals surface area contributed by atoms with Crippen molar-refractivity contribution in [3.8, 4) is 5.75 Å². The van der Waals surface area contributed by atoms with Gasteiger partial charge in [0.2, 0.25) is 5.96 Å². The first-order valence-corrected chi connectivity index (χ1v) is 8.51. The van der Waals surface area contributed by atoms with Gasteiger partial charge >= 0.3 is 0 Å². The van der Waals surface area contributed by atoms with E-state index < -0.39 is 0 Å². The van der Waals surface area contributed by atoms with Crippen molar-refractivity contribution in [2.45, 2.75) is 33.1 Å². The summed E-state index contributed by atoms with van der Waals surface area (Å²) in [5.74, 6) is 1.59. The van der Waals surface area contributed by atoms with E-state index in [-0.39, 0.29) is 0 Å². The van der Waals surface area contributed by atoms with Crippen LogP contribution in [-0.4, -0.2) is 31.4 Å². The number of hydrogen-bond acceptors (Lipinski definition) is 5. The maximum atomic E-state index is 5.91. The maximum absolute atomic E-state index is 5.91.